The summed E-state index contributed by atoms with van der Waals surface area (Å²) in [5, 5.41) is 8.86. The van der Waals surface area contributed by atoms with Crippen LogP contribution in [0.3, 0.4) is 0 Å². The summed E-state index contributed by atoms with van der Waals surface area (Å²) in [5.74, 6) is 0.626. The zero-order chi connectivity index (χ0) is 10.6. The highest BCUT2D eigenvalue weighted by atomic mass is 16.5. The van der Waals surface area contributed by atoms with Crippen molar-refractivity contribution in [3.8, 4) is 0 Å². The number of hydrogen-bond donors (Lipinski definition) is 2. The van der Waals surface area contributed by atoms with Crippen molar-refractivity contribution in [3.05, 3.63) is 0 Å². The summed E-state index contributed by atoms with van der Waals surface area (Å²) in [6.07, 6.45) is 1.46. The third-order valence-corrected chi connectivity index (χ3v) is 3.00. The van der Waals surface area contributed by atoms with Gasteiger partial charge < -0.3 is 15.6 Å². The summed E-state index contributed by atoms with van der Waals surface area (Å²) >= 11 is 0. The van der Waals surface area contributed by atoms with E-state index in [4.69, 9.17) is 15.6 Å². The van der Waals surface area contributed by atoms with Crippen LogP contribution in [-0.4, -0.2) is 55.5 Å². The van der Waals surface area contributed by atoms with Gasteiger partial charge in [0, 0.05) is 26.2 Å². The summed E-state index contributed by atoms with van der Waals surface area (Å²) in [7, 11) is 1.76. The fraction of sp³-hybridized carbons (Fsp3) is 1.00. The number of ether oxygens (including phenoxy) is 1. The molecule has 0 aromatic heterocycles. The number of methoxy groups -OCH3 is 1. The number of hydrogen-bond acceptors (Lipinski definition) is 4. The van der Waals surface area contributed by atoms with Crippen molar-refractivity contribution < 1.29 is 9.84 Å². The van der Waals surface area contributed by atoms with E-state index in [-0.39, 0.29) is 12.6 Å². The van der Waals surface area contributed by atoms with Crippen molar-refractivity contribution in [3.63, 3.8) is 0 Å². The molecule has 14 heavy (non-hydrogen) atoms. The van der Waals surface area contributed by atoms with Crippen LogP contribution in [0.15, 0.2) is 0 Å². The Hall–Kier alpha value is -0.160. The number of piperidine rings is 1. The van der Waals surface area contributed by atoms with E-state index in [0.717, 1.165) is 26.1 Å². The molecule has 4 nitrogen and oxygen atoms in total. The van der Waals surface area contributed by atoms with Crippen LogP contribution < -0.4 is 5.73 Å². The number of nitrogens with two attached hydrogens (primary N) is 1. The molecule has 3 unspecified atom stereocenters. The van der Waals surface area contributed by atoms with Gasteiger partial charge in [-0.25, -0.2) is 0 Å². The van der Waals surface area contributed by atoms with Gasteiger partial charge in [0.15, 0.2) is 0 Å². The number of rotatable bonds is 4. The number of nitrogens with zero attached hydrogens (tertiary/aromatic N) is 1. The van der Waals surface area contributed by atoms with E-state index in [1.165, 1.54) is 0 Å². The lowest BCUT2D eigenvalue weighted by atomic mass is 9.95. The summed E-state index contributed by atoms with van der Waals surface area (Å²) in [6, 6.07) is -0.124. The van der Waals surface area contributed by atoms with E-state index in [0.29, 0.717) is 12.0 Å². The van der Waals surface area contributed by atoms with Gasteiger partial charge in [-0.15, -0.1) is 0 Å². The van der Waals surface area contributed by atoms with Crippen molar-refractivity contribution in [2.75, 3.05) is 33.4 Å². The Morgan fingerprint density at radius 3 is 2.93 bits per heavy atom. The predicted octanol–water partition coefficient (Wildman–Crippen LogP) is -0.337. The van der Waals surface area contributed by atoms with Gasteiger partial charge in [-0.1, -0.05) is 6.92 Å². The summed E-state index contributed by atoms with van der Waals surface area (Å²) < 4.78 is 5.40. The third-order valence-electron chi connectivity index (χ3n) is 3.00. The molecule has 0 radical (unpaired) electrons. The molecule has 1 aliphatic rings. The lowest BCUT2D eigenvalue weighted by molar-refractivity contribution is -0.00782. The minimum Gasteiger partial charge on any atom is -0.395 e. The predicted molar refractivity (Wildman–Crippen MR) is 56.1 cm³/mol. The average molecular weight is 202 g/mol. The number of aliphatic hydroxyl groups excluding tert-OH is 1. The second kappa shape index (κ2) is 5.66. The van der Waals surface area contributed by atoms with Gasteiger partial charge in [-0.3, -0.25) is 4.90 Å². The maximum absolute atomic E-state index is 8.86. The minimum absolute atomic E-state index is 0.0592. The average Bonchev–Trinajstić information content (AvgIpc) is 2.20. The zero-order valence-electron chi connectivity index (χ0n) is 9.15. The zero-order valence-corrected chi connectivity index (χ0v) is 9.15. The van der Waals surface area contributed by atoms with Crippen molar-refractivity contribution >= 4 is 0 Å². The van der Waals surface area contributed by atoms with Crippen LogP contribution in [0.1, 0.15) is 13.3 Å². The lowest BCUT2D eigenvalue weighted by Gasteiger charge is -2.37. The Morgan fingerprint density at radius 2 is 2.36 bits per heavy atom. The van der Waals surface area contributed by atoms with E-state index in [1.807, 2.05) is 0 Å². The SMILES string of the molecule is COC1CN(CC(N)CO)CCC1C. The molecule has 1 rings (SSSR count). The molecule has 0 saturated carbocycles. The van der Waals surface area contributed by atoms with E-state index in [9.17, 15) is 0 Å². The molecule has 0 aliphatic carbocycles. The molecule has 0 spiro atoms. The first-order chi connectivity index (χ1) is 6.67. The van der Waals surface area contributed by atoms with Crippen LogP contribution in [0.4, 0.5) is 0 Å². The molecular weight excluding hydrogens is 180 g/mol. The summed E-state index contributed by atoms with van der Waals surface area (Å²) in [6.45, 7) is 5.05. The quantitative estimate of drug-likeness (QED) is 0.655. The van der Waals surface area contributed by atoms with Gasteiger partial charge in [-0.2, -0.15) is 0 Å². The molecule has 0 aromatic carbocycles. The molecule has 0 amide bonds. The van der Waals surface area contributed by atoms with Crippen molar-refractivity contribution in [2.45, 2.75) is 25.5 Å². The second-order valence-electron chi connectivity index (χ2n) is 4.24. The Morgan fingerprint density at radius 1 is 1.64 bits per heavy atom. The van der Waals surface area contributed by atoms with Crippen LogP contribution >= 0.6 is 0 Å². The van der Waals surface area contributed by atoms with Gasteiger partial charge in [0.25, 0.3) is 0 Å². The molecule has 3 atom stereocenters. The first kappa shape index (κ1) is 11.9. The van der Waals surface area contributed by atoms with Crippen LogP contribution in [-0.2, 0) is 4.74 Å². The topological polar surface area (TPSA) is 58.7 Å². The molecule has 84 valence electrons. The molecule has 3 N–H and O–H groups in total. The molecule has 0 bridgehead atoms. The van der Waals surface area contributed by atoms with Crippen LogP contribution in [0.5, 0.6) is 0 Å². The van der Waals surface area contributed by atoms with E-state index in [2.05, 4.69) is 11.8 Å². The van der Waals surface area contributed by atoms with Gasteiger partial charge in [0.2, 0.25) is 0 Å². The highest BCUT2D eigenvalue weighted by Gasteiger charge is 2.26. The van der Waals surface area contributed by atoms with E-state index in [1.54, 1.807) is 7.11 Å². The second-order valence-corrected chi connectivity index (χ2v) is 4.24. The largest absolute Gasteiger partial charge is 0.395 e. The Balaban J connectivity index is 2.34. The molecule has 4 heteroatoms. The first-order valence-corrected chi connectivity index (χ1v) is 5.29. The molecule has 0 aromatic rings. The maximum Gasteiger partial charge on any atom is 0.0724 e. The van der Waals surface area contributed by atoms with Gasteiger partial charge in [-0.05, 0) is 18.9 Å². The van der Waals surface area contributed by atoms with E-state index < -0.39 is 0 Å². The maximum atomic E-state index is 8.86. The van der Waals surface area contributed by atoms with Crippen LogP contribution in [0.2, 0.25) is 0 Å². The van der Waals surface area contributed by atoms with Crippen LogP contribution in [0, 0.1) is 5.92 Å². The lowest BCUT2D eigenvalue weighted by Crippen LogP contribution is -2.48. The standard InChI is InChI=1S/C10H22N2O2/c1-8-3-4-12(5-9(11)7-13)6-10(8)14-2/h8-10,13H,3-7,11H2,1-2H3. The first-order valence-electron chi connectivity index (χ1n) is 5.29. The smallest absolute Gasteiger partial charge is 0.0724 e. The van der Waals surface area contributed by atoms with E-state index >= 15 is 0 Å². The van der Waals surface area contributed by atoms with Crippen molar-refractivity contribution in [2.24, 2.45) is 11.7 Å². The molecule has 1 fully saturated rings. The van der Waals surface area contributed by atoms with Gasteiger partial charge >= 0.3 is 0 Å². The fourth-order valence-electron chi connectivity index (χ4n) is 1.96. The number of likely N-dealkylation sites (tertiary alicyclic amines) is 1. The van der Waals surface area contributed by atoms with Crippen molar-refractivity contribution in [1.82, 2.24) is 4.90 Å². The third kappa shape index (κ3) is 3.20. The van der Waals surface area contributed by atoms with Gasteiger partial charge in [0.1, 0.15) is 0 Å². The van der Waals surface area contributed by atoms with Crippen molar-refractivity contribution in [1.29, 1.82) is 0 Å². The molecular formula is C10H22N2O2. The fourth-order valence-corrected chi connectivity index (χ4v) is 1.96. The summed E-state index contributed by atoms with van der Waals surface area (Å²) in [5.41, 5.74) is 5.69. The molecule has 1 aliphatic heterocycles. The Bertz CT molecular complexity index is 166. The normalized spacial score (nSPS) is 31.7. The summed E-state index contributed by atoms with van der Waals surface area (Å²) in [4.78, 5) is 2.27. The van der Waals surface area contributed by atoms with Gasteiger partial charge in [0.05, 0.1) is 12.7 Å². The minimum atomic E-state index is -0.124. The molecule has 1 heterocycles. The van der Waals surface area contributed by atoms with Crippen LogP contribution in [0.25, 0.3) is 0 Å². The Kier molecular flexibility index (Phi) is 4.81. The number of aliphatic hydroxyl groups is 1. The Labute approximate surface area is 86.0 Å². The monoisotopic (exact) mass is 202 g/mol. The highest BCUT2D eigenvalue weighted by Crippen LogP contribution is 2.19. The molecule has 1 saturated heterocycles. The highest BCUT2D eigenvalue weighted by molar-refractivity contribution is 4.80.